The number of hydrogen-bond donors (Lipinski definition) is 2. The van der Waals surface area contributed by atoms with Gasteiger partial charge >= 0.3 is 0 Å². The molecule has 0 radical (unpaired) electrons. The summed E-state index contributed by atoms with van der Waals surface area (Å²) >= 11 is 0. The predicted molar refractivity (Wildman–Crippen MR) is 107 cm³/mol. The van der Waals surface area contributed by atoms with E-state index in [2.05, 4.69) is 4.90 Å². The Hall–Kier alpha value is -2.35. The third-order valence-electron chi connectivity index (χ3n) is 5.37. The fraction of sp³-hybridized carbons (Fsp3) is 0.455. The molecule has 1 fully saturated rings. The summed E-state index contributed by atoms with van der Waals surface area (Å²) < 4.78 is 31.1. The van der Waals surface area contributed by atoms with E-state index in [-0.39, 0.29) is 18.5 Å². The van der Waals surface area contributed by atoms with Crippen LogP contribution in [0.3, 0.4) is 0 Å². The van der Waals surface area contributed by atoms with E-state index in [1.54, 1.807) is 6.07 Å². The van der Waals surface area contributed by atoms with E-state index in [0.717, 1.165) is 37.7 Å². The minimum Gasteiger partial charge on any atom is -0.486 e. The van der Waals surface area contributed by atoms with E-state index >= 15 is 0 Å². The first-order valence-corrected chi connectivity index (χ1v) is 10.2. The molecule has 0 bridgehead atoms. The van der Waals surface area contributed by atoms with Crippen molar-refractivity contribution in [2.45, 2.75) is 12.2 Å². The largest absolute Gasteiger partial charge is 0.486 e. The molecule has 6 nitrogen and oxygen atoms in total. The average molecular weight is 403 g/mol. The maximum atomic E-state index is 13.9. The first-order valence-electron chi connectivity index (χ1n) is 10.2. The van der Waals surface area contributed by atoms with Crippen molar-refractivity contribution in [3.05, 3.63) is 54.3 Å². The lowest BCUT2D eigenvalue weighted by Crippen LogP contribution is -3.16. The molecule has 2 aromatic rings. The van der Waals surface area contributed by atoms with E-state index in [9.17, 15) is 9.50 Å². The minimum atomic E-state index is -0.540. The molecule has 0 saturated carbocycles. The van der Waals surface area contributed by atoms with Gasteiger partial charge in [-0.15, -0.1) is 0 Å². The smallest absolute Gasteiger partial charge is 0.161 e. The van der Waals surface area contributed by atoms with Crippen molar-refractivity contribution in [1.82, 2.24) is 0 Å². The Bertz CT molecular complexity index is 798. The maximum absolute atomic E-state index is 13.9. The highest BCUT2D eigenvalue weighted by atomic mass is 19.1. The molecule has 0 aliphatic carbocycles. The van der Waals surface area contributed by atoms with E-state index in [0.29, 0.717) is 25.4 Å². The van der Waals surface area contributed by atoms with Gasteiger partial charge in [-0.1, -0.05) is 24.3 Å². The van der Waals surface area contributed by atoms with Crippen LogP contribution in [0.4, 0.5) is 10.1 Å². The average Bonchev–Trinajstić information content (AvgIpc) is 2.75. The molecule has 0 unspecified atom stereocenters. The summed E-state index contributed by atoms with van der Waals surface area (Å²) in [4.78, 5) is 3.37. The van der Waals surface area contributed by atoms with Crippen molar-refractivity contribution in [1.29, 1.82) is 0 Å². The van der Waals surface area contributed by atoms with Gasteiger partial charge in [0, 0.05) is 0 Å². The normalized spacial score (nSPS) is 20.5. The number of rotatable bonds is 7. The molecule has 2 aliphatic rings. The number of para-hydroxylation sites is 3. The number of quaternary nitrogens is 1. The third-order valence-corrected chi connectivity index (χ3v) is 5.37. The monoisotopic (exact) mass is 403 g/mol. The fourth-order valence-electron chi connectivity index (χ4n) is 3.85. The number of anilines is 1. The lowest BCUT2D eigenvalue weighted by molar-refractivity contribution is -0.903. The predicted octanol–water partition coefficient (Wildman–Crippen LogP) is 0.748. The van der Waals surface area contributed by atoms with Crippen molar-refractivity contribution in [2.24, 2.45) is 0 Å². The Balaban J connectivity index is 1.15. The van der Waals surface area contributed by atoms with Crippen LogP contribution >= 0.6 is 0 Å². The second-order valence-electron chi connectivity index (χ2n) is 7.58. The molecule has 0 spiro atoms. The first-order chi connectivity index (χ1) is 14.2. The van der Waals surface area contributed by atoms with Gasteiger partial charge in [-0.05, 0) is 24.3 Å². The molecule has 156 valence electrons. The van der Waals surface area contributed by atoms with Gasteiger partial charge in [0.15, 0.2) is 17.6 Å². The highest BCUT2D eigenvalue weighted by Crippen LogP contribution is 2.30. The molecule has 0 aromatic heterocycles. The summed E-state index contributed by atoms with van der Waals surface area (Å²) in [7, 11) is 0. The summed E-state index contributed by atoms with van der Waals surface area (Å²) in [5, 5.41) is 10.3. The highest BCUT2D eigenvalue weighted by molar-refractivity contribution is 5.47. The van der Waals surface area contributed by atoms with Crippen molar-refractivity contribution < 1.29 is 28.6 Å². The number of piperazine rings is 1. The number of aliphatic hydroxyl groups is 1. The molecule has 2 heterocycles. The number of fused-ring (bicyclic) bond motifs is 1. The summed E-state index contributed by atoms with van der Waals surface area (Å²) in [6.45, 7) is 4.98. The summed E-state index contributed by atoms with van der Waals surface area (Å²) in [6, 6.07) is 14.5. The van der Waals surface area contributed by atoms with Gasteiger partial charge in [-0.2, -0.15) is 0 Å². The zero-order valence-electron chi connectivity index (χ0n) is 16.4. The molecule has 2 aliphatic heterocycles. The summed E-state index contributed by atoms with van der Waals surface area (Å²) in [5.74, 6) is 1.30. The van der Waals surface area contributed by atoms with Crippen molar-refractivity contribution >= 4 is 5.69 Å². The van der Waals surface area contributed by atoms with Crippen LogP contribution < -0.4 is 19.3 Å². The number of ether oxygens (including phenoxy) is 3. The molecule has 2 atom stereocenters. The van der Waals surface area contributed by atoms with Crippen molar-refractivity contribution in [3.63, 3.8) is 0 Å². The summed E-state index contributed by atoms with van der Waals surface area (Å²) in [6.07, 6.45) is -0.712. The van der Waals surface area contributed by atoms with Crippen molar-refractivity contribution in [3.8, 4) is 11.5 Å². The van der Waals surface area contributed by atoms with Gasteiger partial charge in [0.25, 0.3) is 0 Å². The zero-order chi connectivity index (χ0) is 20.1. The Morgan fingerprint density at radius 3 is 2.62 bits per heavy atom. The topological polar surface area (TPSA) is 55.6 Å². The molecule has 0 amide bonds. The first kappa shape index (κ1) is 19.9. The van der Waals surface area contributed by atoms with Gasteiger partial charge < -0.3 is 29.1 Å². The molecule has 2 N–H and O–H groups in total. The Kier molecular flexibility index (Phi) is 6.49. The number of nitrogens with one attached hydrogen (secondary N) is 1. The van der Waals surface area contributed by atoms with Gasteiger partial charge in [-0.25, -0.2) is 4.39 Å². The van der Waals surface area contributed by atoms with Gasteiger partial charge in [0.1, 0.15) is 25.1 Å². The molecule has 4 rings (SSSR count). The van der Waals surface area contributed by atoms with E-state index in [1.165, 1.54) is 11.0 Å². The molecule has 2 aromatic carbocycles. The molecule has 29 heavy (non-hydrogen) atoms. The minimum absolute atomic E-state index is 0.172. The van der Waals surface area contributed by atoms with Crippen LogP contribution in [0.25, 0.3) is 0 Å². The quantitative estimate of drug-likeness (QED) is 0.715. The highest BCUT2D eigenvalue weighted by Gasteiger charge is 2.25. The van der Waals surface area contributed by atoms with Crippen LogP contribution in [0.5, 0.6) is 11.5 Å². The number of aliphatic hydroxyl groups excluding tert-OH is 1. The SMILES string of the molecule is O[C@H](COC[C@@H]1COc2ccccc2O1)C[NH+]1CCN(c2ccccc2F)CC1. The zero-order valence-corrected chi connectivity index (χ0v) is 16.4. The van der Waals surface area contributed by atoms with Crippen molar-refractivity contribution in [2.75, 3.05) is 57.4 Å². The second kappa shape index (κ2) is 9.43. The second-order valence-corrected chi connectivity index (χ2v) is 7.58. The van der Waals surface area contributed by atoms with Crippen LogP contribution in [-0.2, 0) is 4.74 Å². The fourth-order valence-corrected chi connectivity index (χ4v) is 3.85. The van der Waals surface area contributed by atoms with Crippen LogP contribution in [-0.4, -0.2) is 69.9 Å². The van der Waals surface area contributed by atoms with E-state index in [4.69, 9.17) is 14.2 Å². The lowest BCUT2D eigenvalue weighted by Gasteiger charge is -2.34. The van der Waals surface area contributed by atoms with E-state index < -0.39 is 6.10 Å². The maximum Gasteiger partial charge on any atom is 0.161 e. The Morgan fingerprint density at radius 2 is 1.83 bits per heavy atom. The number of benzene rings is 2. The third kappa shape index (κ3) is 5.18. The Labute approximate surface area is 170 Å². The molecule has 7 heteroatoms. The number of hydrogen-bond acceptors (Lipinski definition) is 5. The molecular formula is C22H28FN2O4+. The van der Waals surface area contributed by atoms with Crippen LogP contribution in [0, 0.1) is 5.82 Å². The summed E-state index contributed by atoms with van der Waals surface area (Å²) in [5.41, 5.74) is 0.659. The standard InChI is InChI=1S/C22H27FN2O4/c23-19-5-1-2-6-20(19)25-11-9-24(10-12-25)13-17(26)14-27-15-18-16-28-21-7-3-4-8-22(21)29-18/h1-8,17-18,26H,9-16H2/p+1/t17-,18+/m0/s1. The van der Waals surface area contributed by atoms with Gasteiger partial charge in [-0.3, -0.25) is 0 Å². The molecule has 1 saturated heterocycles. The van der Waals surface area contributed by atoms with Crippen LogP contribution in [0.1, 0.15) is 0 Å². The number of nitrogens with zero attached hydrogens (tertiary/aromatic N) is 1. The van der Waals surface area contributed by atoms with Crippen LogP contribution in [0.2, 0.25) is 0 Å². The van der Waals surface area contributed by atoms with Gasteiger partial charge in [0.05, 0.1) is 45.1 Å². The lowest BCUT2D eigenvalue weighted by atomic mass is 10.2. The Morgan fingerprint density at radius 1 is 1.10 bits per heavy atom. The number of halogens is 1. The molecular weight excluding hydrogens is 375 g/mol. The van der Waals surface area contributed by atoms with Crippen LogP contribution in [0.15, 0.2) is 48.5 Å². The van der Waals surface area contributed by atoms with Gasteiger partial charge in [0.2, 0.25) is 0 Å². The van der Waals surface area contributed by atoms with E-state index in [1.807, 2.05) is 36.4 Å².